The van der Waals surface area contributed by atoms with Crippen LogP contribution in [0, 0.1) is 17.3 Å². The molecule has 8 rings (SSSR count). The molecule has 5 heterocycles. The number of piperazine rings is 1. The Morgan fingerprint density at radius 3 is 2.68 bits per heavy atom. The zero-order valence-electron chi connectivity index (χ0n) is 22.2. The maximum absolute atomic E-state index is 13.3. The second kappa shape index (κ2) is 7.38. The monoisotopic (exact) mass is 528 g/mol. The molecular weight excluding hydrogens is 492 g/mol. The van der Waals surface area contributed by atoms with E-state index in [2.05, 4.69) is 26.1 Å². The van der Waals surface area contributed by atoms with Crippen molar-refractivity contribution in [1.82, 2.24) is 10.2 Å². The zero-order chi connectivity index (χ0) is 26.2. The van der Waals surface area contributed by atoms with Crippen molar-refractivity contribution in [2.75, 3.05) is 32.8 Å². The molecule has 6 fully saturated rings. The Bertz CT molecular complexity index is 1180. The minimum Gasteiger partial charge on any atom is -0.458 e. The Kier molecular flexibility index (Phi) is 4.63. The number of ether oxygens (including phenoxy) is 5. The molecule has 8 aliphatic rings. The number of cyclic esters (lactones) is 1. The average Bonchev–Trinajstić information content (AvgIpc) is 3.81. The van der Waals surface area contributed by atoms with Gasteiger partial charge in [0.15, 0.2) is 11.7 Å². The molecule has 38 heavy (non-hydrogen) atoms. The molecule has 0 aromatic heterocycles. The highest BCUT2D eigenvalue weighted by Crippen LogP contribution is 2.83. The third-order valence-corrected chi connectivity index (χ3v) is 11.3. The van der Waals surface area contributed by atoms with Crippen molar-refractivity contribution in [3.63, 3.8) is 0 Å². The Balaban J connectivity index is 1.09. The molecule has 1 amide bonds. The first-order valence-corrected chi connectivity index (χ1v) is 14.3. The normalized spacial score (nSPS) is 49.1. The summed E-state index contributed by atoms with van der Waals surface area (Å²) in [4.78, 5) is 40.2. The van der Waals surface area contributed by atoms with Crippen LogP contribution in [0.2, 0.25) is 0 Å². The maximum atomic E-state index is 13.3. The molecule has 2 saturated carbocycles. The molecule has 0 aromatic carbocycles. The topological polar surface area (TPSA) is 123 Å². The van der Waals surface area contributed by atoms with Gasteiger partial charge in [-0.25, -0.2) is 4.79 Å². The standard InChI is InChI=1S/C28H36N2O8/c1-14(2)26-21(37-26)22-28(38-22)25(3)7-6-15-16(13-34-23(15)33)17(25)12-18-27(28,36-18)24(26)35-20(32)5-4-19(31)30-10-8-29-9-11-30/h14,17-18,21-22,24,29H,4-13H2,1-3H3/t17-,18-,21-,22-,24+,25-,26-,27+,28+/m0/s1. The van der Waals surface area contributed by atoms with Crippen LogP contribution < -0.4 is 5.32 Å². The molecule has 0 unspecified atom stereocenters. The van der Waals surface area contributed by atoms with Crippen LogP contribution in [-0.2, 0) is 38.1 Å². The van der Waals surface area contributed by atoms with Crippen LogP contribution in [0.5, 0.6) is 0 Å². The number of carbonyl (C=O) groups excluding carboxylic acids is 3. The van der Waals surface area contributed by atoms with Crippen LogP contribution in [0.3, 0.4) is 0 Å². The van der Waals surface area contributed by atoms with Crippen molar-refractivity contribution in [2.45, 2.75) is 94.1 Å². The highest BCUT2D eigenvalue weighted by Gasteiger charge is 3.01. The highest BCUT2D eigenvalue weighted by molar-refractivity contribution is 5.92. The summed E-state index contributed by atoms with van der Waals surface area (Å²) in [5.41, 5.74) is -0.379. The number of hydrogen-bond donors (Lipinski definition) is 1. The van der Waals surface area contributed by atoms with E-state index in [0.717, 1.165) is 37.1 Å². The number of nitrogens with zero attached hydrogens (tertiary/aromatic N) is 1. The van der Waals surface area contributed by atoms with Gasteiger partial charge in [0.05, 0.1) is 12.5 Å². The molecule has 1 N–H and O–H groups in total. The average molecular weight is 529 g/mol. The molecule has 10 nitrogen and oxygen atoms in total. The molecule has 0 bridgehead atoms. The van der Waals surface area contributed by atoms with Crippen LogP contribution in [-0.4, -0.2) is 96.8 Å². The lowest BCUT2D eigenvalue weighted by Gasteiger charge is -2.53. The summed E-state index contributed by atoms with van der Waals surface area (Å²) >= 11 is 0. The number of hydrogen-bond acceptors (Lipinski definition) is 9. The fraction of sp³-hybridized carbons (Fsp3) is 0.821. The molecule has 4 saturated heterocycles. The van der Waals surface area contributed by atoms with Gasteiger partial charge in [0.1, 0.15) is 30.0 Å². The number of amides is 1. The van der Waals surface area contributed by atoms with E-state index in [1.807, 2.05) is 4.90 Å². The van der Waals surface area contributed by atoms with Crippen molar-refractivity contribution in [2.24, 2.45) is 17.3 Å². The van der Waals surface area contributed by atoms with Gasteiger partial charge in [0, 0.05) is 43.6 Å². The molecule has 2 spiro atoms. The zero-order valence-corrected chi connectivity index (χ0v) is 22.2. The van der Waals surface area contributed by atoms with Gasteiger partial charge in [-0.05, 0) is 36.7 Å². The lowest BCUT2D eigenvalue weighted by Crippen LogP contribution is -2.70. The van der Waals surface area contributed by atoms with Crippen molar-refractivity contribution < 1.29 is 38.1 Å². The second-order valence-corrected chi connectivity index (χ2v) is 13.0. The van der Waals surface area contributed by atoms with E-state index in [1.54, 1.807) is 0 Å². The summed E-state index contributed by atoms with van der Waals surface area (Å²) in [5, 5.41) is 3.24. The van der Waals surface area contributed by atoms with E-state index in [1.165, 1.54) is 0 Å². The Morgan fingerprint density at radius 1 is 1.13 bits per heavy atom. The molecular formula is C28H36N2O8. The smallest absolute Gasteiger partial charge is 0.334 e. The maximum Gasteiger partial charge on any atom is 0.334 e. The van der Waals surface area contributed by atoms with Crippen LogP contribution in [0.4, 0.5) is 0 Å². The molecule has 9 atom stereocenters. The van der Waals surface area contributed by atoms with E-state index in [-0.39, 0.29) is 66.3 Å². The van der Waals surface area contributed by atoms with Crippen molar-refractivity contribution in [3.8, 4) is 0 Å². The van der Waals surface area contributed by atoms with Gasteiger partial charge in [-0.3, -0.25) is 9.59 Å². The first-order chi connectivity index (χ1) is 18.2. The summed E-state index contributed by atoms with van der Waals surface area (Å²) in [6.45, 7) is 9.70. The van der Waals surface area contributed by atoms with E-state index in [9.17, 15) is 14.4 Å². The van der Waals surface area contributed by atoms with Gasteiger partial charge in [-0.1, -0.05) is 20.8 Å². The molecule has 5 aliphatic heterocycles. The van der Waals surface area contributed by atoms with Gasteiger partial charge in [-0.2, -0.15) is 0 Å². The van der Waals surface area contributed by atoms with Crippen LogP contribution in [0.25, 0.3) is 0 Å². The number of epoxide rings is 3. The summed E-state index contributed by atoms with van der Waals surface area (Å²) in [5.74, 6) is -0.361. The van der Waals surface area contributed by atoms with Crippen LogP contribution >= 0.6 is 0 Å². The van der Waals surface area contributed by atoms with Gasteiger partial charge in [0.2, 0.25) is 5.91 Å². The molecule has 3 aliphatic carbocycles. The molecule has 206 valence electrons. The van der Waals surface area contributed by atoms with E-state index < -0.39 is 22.9 Å². The van der Waals surface area contributed by atoms with Gasteiger partial charge >= 0.3 is 11.9 Å². The molecule has 0 radical (unpaired) electrons. The number of nitrogens with one attached hydrogen (secondary N) is 1. The minimum absolute atomic E-state index is 0.0142. The van der Waals surface area contributed by atoms with Crippen LogP contribution in [0.15, 0.2) is 11.1 Å². The third-order valence-electron chi connectivity index (χ3n) is 11.3. The van der Waals surface area contributed by atoms with E-state index in [4.69, 9.17) is 23.7 Å². The second-order valence-electron chi connectivity index (χ2n) is 13.0. The molecule has 0 aromatic rings. The van der Waals surface area contributed by atoms with Crippen molar-refractivity contribution in [3.05, 3.63) is 11.1 Å². The number of carbonyl (C=O) groups is 3. The minimum atomic E-state index is -0.764. The Hall–Kier alpha value is -2.01. The first-order valence-electron chi connectivity index (χ1n) is 14.3. The summed E-state index contributed by atoms with van der Waals surface area (Å²) in [6.07, 6.45) is 1.35. The fourth-order valence-corrected chi connectivity index (χ4v) is 9.31. The Labute approximate surface area is 221 Å². The number of fused-ring (bicyclic) bond motifs is 4. The van der Waals surface area contributed by atoms with Gasteiger partial charge in [0.25, 0.3) is 0 Å². The largest absolute Gasteiger partial charge is 0.458 e. The van der Waals surface area contributed by atoms with Crippen LogP contribution in [0.1, 0.15) is 52.9 Å². The summed E-state index contributed by atoms with van der Waals surface area (Å²) < 4.78 is 31.6. The predicted octanol–water partition coefficient (Wildman–Crippen LogP) is 0.866. The molecule has 10 heteroatoms. The predicted molar refractivity (Wildman–Crippen MR) is 130 cm³/mol. The first kappa shape index (κ1) is 23.8. The summed E-state index contributed by atoms with van der Waals surface area (Å²) in [6, 6.07) is 0. The van der Waals surface area contributed by atoms with E-state index in [0.29, 0.717) is 26.1 Å². The lowest BCUT2D eigenvalue weighted by molar-refractivity contribution is -0.170. The van der Waals surface area contributed by atoms with Crippen molar-refractivity contribution in [1.29, 1.82) is 0 Å². The fourth-order valence-electron chi connectivity index (χ4n) is 9.31. The van der Waals surface area contributed by atoms with Gasteiger partial charge in [-0.15, -0.1) is 0 Å². The Morgan fingerprint density at radius 2 is 1.92 bits per heavy atom. The quantitative estimate of drug-likeness (QED) is 0.409. The third kappa shape index (κ3) is 2.61. The number of esters is 2. The lowest BCUT2D eigenvalue weighted by atomic mass is 9.46. The van der Waals surface area contributed by atoms with Gasteiger partial charge < -0.3 is 33.9 Å². The SMILES string of the molecule is CC(C)[C@]12O[C@H]1[C@@H]1O[C@]13[C@]1(O[C@H]1C[C@H]1C4=C(CC[C@@]13C)C(=O)OC4)[C@@H]2OC(=O)CCC(=O)N1CCNCC1. The summed E-state index contributed by atoms with van der Waals surface area (Å²) in [7, 11) is 0. The van der Waals surface area contributed by atoms with Crippen molar-refractivity contribution >= 4 is 17.8 Å². The van der Waals surface area contributed by atoms with E-state index >= 15 is 0 Å². The highest BCUT2D eigenvalue weighted by atomic mass is 16.8. The number of rotatable bonds is 5.